The quantitative estimate of drug-likeness (QED) is 0.150. The van der Waals surface area contributed by atoms with Gasteiger partial charge in [0.1, 0.15) is 30.1 Å². The van der Waals surface area contributed by atoms with Crippen LogP contribution < -0.4 is 10.4 Å². The number of benzene rings is 1. The number of ether oxygens (including phenoxy) is 4. The summed E-state index contributed by atoms with van der Waals surface area (Å²) in [4.78, 5) is 22.7. The number of hydrogen-bond donors (Lipinski definition) is 0. The van der Waals surface area contributed by atoms with Crippen LogP contribution in [-0.2, 0) is 24.9 Å². The summed E-state index contributed by atoms with van der Waals surface area (Å²) in [5.41, 5.74) is -4.24. The number of halogens is 5. The van der Waals surface area contributed by atoms with Gasteiger partial charge in [0, 0.05) is 17.5 Å². The van der Waals surface area contributed by atoms with Gasteiger partial charge < -0.3 is 23.4 Å². The first-order valence-electron chi connectivity index (χ1n) is 9.59. The van der Waals surface area contributed by atoms with Crippen LogP contribution in [0.1, 0.15) is 11.1 Å². The lowest BCUT2D eigenvalue weighted by Gasteiger charge is -2.20. The molecule has 0 spiro atoms. The molecule has 2 aromatic rings. The van der Waals surface area contributed by atoms with Crippen LogP contribution in [0.4, 0.5) is 22.0 Å². The van der Waals surface area contributed by atoms with Crippen molar-refractivity contribution in [3.63, 3.8) is 0 Å². The van der Waals surface area contributed by atoms with E-state index < -0.39 is 34.8 Å². The Morgan fingerprint density at radius 3 is 2.24 bits per heavy atom. The molecule has 0 bridgehead atoms. The first-order valence-corrected chi connectivity index (χ1v) is 9.59. The SMILES string of the molecule is C=CC(=O)OCCOCCOCCOc1ccc2c(C)c(C(F)(F)C(F)(F)F)c(=O)oc2c1. The van der Waals surface area contributed by atoms with Crippen molar-refractivity contribution >= 4 is 16.9 Å². The van der Waals surface area contributed by atoms with E-state index in [1.807, 2.05) is 0 Å². The summed E-state index contributed by atoms with van der Waals surface area (Å²) in [6.45, 7) is 5.24. The molecule has 7 nitrogen and oxygen atoms in total. The Kier molecular flexibility index (Phi) is 8.94. The van der Waals surface area contributed by atoms with Gasteiger partial charge in [-0.25, -0.2) is 9.59 Å². The van der Waals surface area contributed by atoms with Crippen molar-refractivity contribution in [3.05, 3.63) is 52.4 Å². The Morgan fingerprint density at radius 1 is 1.03 bits per heavy atom. The van der Waals surface area contributed by atoms with Gasteiger partial charge in [-0.05, 0) is 24.6 Å². The van der Waals surface area contributed by atoms with E-state index >= 15 is 0 Å². The van der Waals surface area contributed by atoms with E-state index in [0.717, 1.165) is 13.0 Å². The molecule has 0 aliphatic rings. The van der Waals surface area contributed by atoms with Crippen LogP contribution in [0.25, 0.3) is 11.0 Å². The smallest absolute Gasteiger partial charge is 0.458 e. The molecule has 33 heavy (non-hydrogen) atoms. The number of alkyl halides is 5. The molecule has 0 aliphatic heterocycles. The second kappa shape index (κ2) is 11.2. The van der Waals surface area contributed by atoms with Crippen molar-refractivity contribution in [1.29, 1.82) is 0 Å². The van der Waals surface area contributed by atoms with Crippen molar-refractivity contribution in [1.82, 2.24) is 0 Å². The van der Waals surface area contributed by atoms with Gasteiger partial charge in [0.15, 0.2) is 0 Å². The van der Waals surface area contributed by atoms with Gasteiger partial charge in [0.2, 0.25) is 0 Å². The molecule has 0 fully saturated rings. The van der Waals surface area contributed by atoms with E-state index in [9.17, 15) is 31.5 Å². The highest BCUT2D eigenvalue weighted by Gasteiger charge is 2.61. The van der Waals surface area contributed by atoms with Gasteiger partial charge in [-0.3, -0.25) is 0 Å². The summed E-state index contributed by atoms with van der Waals surface area (Å²) in [6.07, 6.45) is -4.90. The van der Waals surface area contributed by atoms with Gasteiger partial charge in [-0.2, -0.15) is 22.0 Å². The highest BCUT2D eigenvalue weighted by atomic mass is 19.4. The molecule has 0 radical (unpaired) electrons. The molecule has 0 N–H and O–H groups in total. The number of rotatable bonds is 12. The molecule has 1 aromatic heterocycles. The Hall–Kier alpha value is -2.99. The summed E-state index contributed by atoms with van der Waals surface area (Å²) in [5.74, 6) is -5.70. The fourth-order valence-electron chi connectivity index (χ4n) is 2.73. The van der Waals surface area contributed by atoms with Crippen LogP contribution in [0.2, 0.25) is 0 Å². The Balaban J connectivity index is 1.87. The van der Waals surface area contributed by atoms with Crippen LogP contribution >= 0.6 is 0 Å². The maximum absolute atomic E-state index is 13.7. The predicted molar refractivity (Wildman–Crippen MR) is 105 cm³/mol. The average Bonchev–Trinajstić information content (AvgIpc) is 2.73. The largest absolute Gasteiger partial charge is 0.491 e. The normalized spacial score (nSPS) is 12.1. The van der Waals surface area contributed by atoms with Crippen LogP contribution in [-0.4, -0.2) is 51.8 Å². The average molecular weight is 480 g/mol. The highest BCUT2D eigenvalue weighted by Crippen LogP contribution is 2.44. The molecule has 182 valence electrons. The Bertz CT molecular complexity index is 1030. The molecular weight excluding hydrogens is 459 g/mol. The zero-order valence-corrected chi connectivity index (χ0v) is 17.5. The lowest BCUT2D eigenvalue weighted by atomic mass is 10.0. The highest BCUT2D eigenvalue weighted by molar-refractivity contribution is 5.82. The van der Waals surface area contributed by atoms with Crippen molar-refractivity contribution in [2.45, 2.75) is 19.0 Å². The van der Waals surface area contributed by atoms with Gasteiger partial charge in [-0.15, -0.1) is 0 Å². The van der Waals surface area contributed by atoms with Crippen molar-refractivity contribution in [2.75, 3.05) is 39.6 Å². The van der Waals surface area contributed by atoms with E-state index in [1.54, 1.807) is 0 Å². The van der Waals surface area contributed by atoms with Gasteiger partial charge in [-0.1, -0.05) is 6.58 Å². The molecule has 0 saturated carbocycles. The maximum Gasteiger partial charge on any atom is 0.458 e. The topological polar surface area (TPSA) is 84.2 Å². The predicted octanol–water partition coefficient (Wildman–Crippen LogP) is 3.90. The fourth-order valence-corrected chi connectivity index (χ4v) is 2.73. The van der Waals surface area contributed by atoms with Gasteiger partial charge in [0.25, 0.3) is 0 Å². The van der Waals surface area contributed by atoms with E-state index in [1.165, 1.54) is 18.2 Å². The molecule has 0 unspecified atom stereocenters. The molecule has 1 heterocycles. The third-order valence-electron chi connectivity index (χ3n) is 4.32. The molecule has 12 heteroatoms. The summed E-state index contributed by atoms with van der Waals surface area (Å²) in [5, 5.41) is -0.0759. The van der Waals surface area contributed by atoms with Crippen molar-refractivity contribution < 1.29 is 50.1 Å². The minimum atomic E-state index is -5.94. The van der Waals surface area contributed by atoms with Crippen molar-refractivity contribution in [3.8, 4) is 5.75 Å². The zero-order chi connectivity index (χ0) is 24.6. The fraction of sp³-hybridized carbons (Fsp3) is 0.429. The minimum Gasteiger partial charge on any atom is -0.491 e. The summed E-state index contributed by atoms with van der Waals surface area (Å²) < 4.78 is 90.9. The molecule has 2 rings (SSSR count). The monoisotopic (exact) mass is 480 g/mol. The number of carbonyl (C=O) groups excluding carboxylic acids is 1. The van der Waals surface area contributed by atoms with Crippen LogP contribution in [0.15, 0.2) is 40.1 Å². The first kappa shape index (κ1) is 26.3. The molecule has 0 amide bonds. The Morgan fingerprint density at radius 2 is 1.64 bits per heavy atom. The van der Waals surface area contributed by atoms with E-state index in [4.69, 9.17) is 23.4 Å². The summed E-state index contributed by atoms with van der Waals surface area (Å²) in [6, 6.07) is 3.79. The summed E-state index contributed by atoms with van der Waals surface area (Å²) >= 11 is 0. The second-order valence-electron chi connectivity index (χ2n) is 6.56. The molecule has 0 atom stereocenters. The second-order valence-corrected chi connectivity index (χ2v) is 6.56. The van der Waals surface area contributed by atoms with Crippen LogP contribution in [0.5, 0.6) is 5.75 Å². The molecule has 1 aromatic carbocycles. The number of hydrogen-bond acceptors (Lipinski definition) is 7. The Labute approximate surface area is 184 Å². The molecule has 0 aliphatic carbocycles. The number of carbonyl (C=O) groups is 1. The number of aryl methyl sites for hydroxylation is 1. The standard InChI is InChI=1S/C21H21F5O7/c1-3-17(27)32-11-9-30-7-6-29-8-10-31-14-4-5-15-13(2)18(19(28)33-16(15)12-14)20(22,23)21(24,25)26/h3-5,12H,1,6-11H2,2H3. The third-order valence-corrected chi connectivity index (χ3v) is 4.32. The number of fused-ring (bicyclic) bond motifs is 1. The van der Waals surface area contributed by atoms with Gasteiger partial charge >= 0.3 is 23.7 Å². The molecule has 0 saturated heterocycles. The lowest BCUT2D eigenvalue weighted by molar-refractivity contribution is -0.290. The third kappa shape index (κ3) is 6.75. The first-order chi connectivity index (χ1) is 15.5. The summed E-state index contributed by atoms with van der Waals surface area (Å²) in [7, 11) is 0. The van der Waals surface area contributed by atoms with Crippen LogP contribution in [0, 0.1) is 6.92 Å². The van der Waals surface area contributed by atoms with E-state index in [0.29, 0.717) is 0 Å². The van der Waals surface area contributed by atoms with E-state index in [2.05, 4.69) is 6.58 Å². The maximum atomic E-state index is 13.7. The molecular formula is C21H21F5O7. The zero-order valence-electron chi connectivity index (χ0n) is 17.5. The van der Waals surface area contributed by atoms with E-state index in [-0.39, 0.29) is 56.4 Å². The van der Waals surface area contributed by atoms with Gasteiger partial charge in [0.05, 0.1) is 26.4 Å². The van der Waals surface area contributed by atoms with Crippen LogP contribution in [0.3, 0.4) is 0 Å². The lowest BCUT2D eigenvalue weighted by Crippen LogP contribution is -2.38. The number of esters is 1. The van der Waals surface area contributed by atoms with Crippen molar-refractivity contribution in [2.24, 2.45) is 0 Å². The minimum absolute atomic E-state index is 0.0759.